The van der Waals surface area contributed by atoms with Gasteiger partial charge in [0, 0.05) is 23.2 Å². The summed E-state index contributed by atoms with van der Waals surface area (Å²) in [7, 11) is 0. The normalized spacial score (nSPS) is 19.8. The van der Waals surface area contributed by atoms with E-state index in [2.05, 4.69) is 27.8 Å². The van der Waals surface area contributed by atoms with Crippen LogP contribution in [0.5, 0.6) is 0 Å². The molecular formula is C14H19BrN2O3. The summed E-state index contributed by atoms with van der Waals surface area (Å²) in [4.78, 5) is 14.3. The van der Waals surface area contributed by atoms with Crippen molar-refractivity contribution < 1.29 is 14.3 Å². The van der Waals surface area contributed by atoms with Gasteiger partial charge >= 0.3 is 5.97 Å². The van der Waals surface area contributed by atoms with E-state index in [0.717, 1.165) is 19.6 Å². The molecule has 1 atom stereocenters. The number of carbonyl (C=O) groups is 1. The molecule has 2 N–H and O–H groups in total. The molecule has 0 aromatic heterocycles. The van der Waals surface area contributed by atoms with Crippen molar-refractivity contribution in [1.82, 2.24) is 4.90 Å². The van der Waals surface area contributed by atoms with Gasteiger partial charge in [0.05, 0.1) is 12.2 Å². The summed E-state index contributed by atoms with van der Waals surface area (Å²) in [5.74, 6) is -0.388. The lowest BCUT2D eigenvalue weighted by atomic mass is 10.2. The first-order chi connectivity index (χ1) is 9.60. The highest BCUT2D eigenvalue weighted by Gasteiger charge is 2.21. The number of hydrogen-bond donors (Lipinski definition) is 1. The molecule has 0 saturated carbocycles. The number of esters is 1. The minimum absolute atomic E-state index is 0.0625. The molecule has 5 nitrogen and oxygen atoms in total. The Kier molecular flexibility index (Phi) is 5.39. The van der Waals surface area contributed by atoms with Gasteiger partial charge in [-0.3, -0.25) is 4.90 Å². The Morgan fingerprint density at radius 2 is 2.40 bits per heavy atom. The van der Waals surface area contributed by atoms with Crippen LogP contribution in [-0.2, 0) is 9.47 Å². The van der Waals surface area contributed by atoms with Gasteiger partial charge in [0.15, 0.2) is 0 Å². The van der Waals surface area contributed by atoms with E-state index in [1.54, 1.807) is 18.2 Å². The van der Waals surface area contributed by atoms with Crippen molar-refractivity contribution in [1.29, 1.82) is 0 Å². The van der Waals surface area contributed by atoms with Crippen LogP contribution in [0.1, 0.15) is 17.3 Å². The molecule has 0 radical (unpaired) electrons. The Morgan fingerprint density at radius 3 is 3.15 bits per heavy atom. The Balaban J connectivity index is 1.90. The topological polar surface area (TPSA) is 64.8 Å². The molecule has 0 aliphatic carbocycles. The zero-order valence-corrected chi connectivity index (χ0v) is 13.1. The van der Waals surface area contributed by atoms with Gasteiger partial charge in [-0.25, -0.2) is 4.79 Å². The average molecular weight is 343 g/mol. The summed E-state index contributed by atoms with van der Waals surface area (Å²) in [6.45, 7) is 5.75. The molecular weight excluding hydrogens is 324 g/mol. The third kappa shape index (κ3) is 3.94. The highest BCUT2D eigenvalue weighted by atomic mass is 79.9. The molecule has 20 heavy (non-hydrogen) atoms. The van der Waals surface area contributed by atoms with Crippen LogP contribution in [0.15, 0.2) is 22.7 Å². The van der Waals surface area contributed by atoms with Gasteiger partial charge in [0.1, 0.15) is 12.7 Å². The smallest absolute Gasteiger partial charge is 0.339 e. The molecule has 110 valence electrons. The molecule has 0 spiro atoms. The second kappa shape index (κ2) is 7.06. The highest BCUT2D eigenvalue weighted by molar-refractivity contribution is 9.10. The standard InChI is InChI=1S/C14H19BrN2O3/c1-2-17-5-6-19-11(8-17)9-20-14(18)12-7-10(16)3-4-13(12)15/h3-4,7,11H,2,5-6,8-9,16H2,1H3. The van der Waals surface area contributed by atoms with Crippen LogP contribution in [0.3, 0.4) is 0 Å². The van der Waals surface area contributed by atoms with E-state index in [9.17, 15) is 4.79 Å². The zero-order valence-electron chi connectivity index (χ0n) is 11.5. The van der Waals surface area contributed by atoms with E-state index in [1.165, 1.54) is 0 Å². The highest BCUT2D eigenvalue weighted by Crippen LogP contribution is 2.20. The Bertz CT molecular complexity index is 481. The number of hydrogen-bond acceptors (Lipinski definition) is 5. The SMILES string of the molecule is CCN1CCOC(COC(=O)c2cc(N)ccc2Br)C1. The minimum Gasteiger partial charge on any atom is -0.459 e. The summed E-state index contributed by atoms with van der Waals surface area (Å²) < 4.78 is 11.6. The number of anilines is 1. The summed E-state index contributed by atoms with van der Waals surface area (Å²) in [5, 5.41) is 0. The molecule has 0 amide bonds. The summed E-state index contributed by atoms with van der Waals surface area (Å²) in [6, 6.07) is 5.07. The lowest BCUT2D eigenvalue weighted by Gasteiger charge is -2.31. The third-order valence-electron chi connectivity index (χ3n) is 3.28. The number of likely N-dealkylation sites (N-methyl/N-ethyl adjacent to an activating group) is 1. The van der Waals surface area contributed by atoms with Gasteiger partial charge in [-0.2, -0.15) is 0 Å². The maximum Gasteiger partial charge on any atom is 0.339 e. The predicted octanol–water partition coefficient (Wildman–Crippen LogP) is 1.91. The lowest BCUT2D eigenvalue weighted by molar-refractivity contribution is -0.0578. The summed E-state index contributed by atoms with van der Waals surface area (Å²) >= 11 is 3.32. The van der Waals surface area contributed by atoms with Crippen molar-refractivity contribution in [3.8, 4) is 0 Å². The van der Waals surface area contributed by atoms with Crippen molar-refractivity contribution >= 4 is 27.6 Å². The van der Waals surface area contributed by atoms with Crippen LogP contribution in [0.2, 0.25) is 0 Å². The van der Waals surface area contributed by atoms with Crippen molar-refractivity contribution in [2.45, 2.75) is 13.0 Å². The van der Waals surface area contributed by atoms with E-state index in [0.29, 0.717) is 22.3 Å². The Hall–Kier alpha value is -1.11. The number of nitrogens with two attached hydrogens (primary N) is 1. The molecule has 2 rings (SSSR count). The molecule has 1 aromatic rings. The van der Waals surface area contributed by atoms with Crippen molar-refractivity contribution in [3.63, 3.8) is 0 Å². The average Bonchev–Trinajstić information content (AvgIpc) is 2.47. The van der Waals surface area contributed by atoms with E-state index < -0.39 is 0 Å². The lowest BCUT2D eigenvalue weighted by Crippen LogP contribution is -2.44. The fourth-order valence-electron chi connectivity index (χ4n) is 2.11. The van der Waals surface area contributed by atoms with Crippen LogP contribution < -0.4 is 5.73 Å². The number of benzene rings is 1. The van der Waals surface area contributed by atoms with Gasteiger partial charge in [-0.15, -0.1) is 0 Å². The van der Waals surface area contributed by atoms with Crippen LogP contribution in [0.25, 0.3) is 0 Å². The molecule has 1 saturated heterocycles. The van der Waals surface area contributed by atoms with Gasteiger partial charge in [0.25, 0.3) is 0 Å². The minimum atomic E-state index is -0.388. The molecule has 1 aliphatic heterocycles. The molecule has 1 heterocycles. The number of nitrogen functional groups attached to an aromatic ring is 1. The number of nitrogens with zero attached hydrogens (tertiary/aromatic N) is 1. The van der Waals surface area contributed by atoms with Gasteiger partial charge in [-0.05, 0) is 40.7 Å². The van der Waals surface area contributed by atoms with Crippen LogP contribution in [-0.4, -0.2) is 49.8 Å². The van der Waals surface area contributed by atoms with Crippen molar-refractivity contribution in [3.05, 3.63) is 28.2 Å². The van der Waals surface area contributed by atoms with Crippen molar-refractivity contribution in [2.75, 3.05) is 38.6 Å². The second-order valence-corrected chi connectivity index (χ2v) is 5.58. The summed E-state index contributed by atoms with van der Waals surface area (Å²) in [5.41, 5.74) is 6.65. The monoisotopic (exact) mass is 342 g/mol. The van der Waals surface area contributed by atoms with Crippen molar-refractivity contribution in [2.24, 2.45) is 0 Å². The van der Waals surface area contributed by atoms with Crippen LogP contribution >= 0.6 is 15.9 Å². The third-order valence-corrected chi connectivity index (χ3v) is 3.97. The number of ether oxygens (including phenoxy) is 2. The first-order valence-electron chi connectivity index (χ1n) is 6.66. The predicted molar refractivity (Wildman–Crippen MR) is 80.7 cm³/mol. The van der Waals surface area contributed by atoms with Gasteiger partial charge in [-0.1, -0.05) is 6.92 Å². The second-order valence-electron chi connectivity index (χ2n) is 4.72. The number of halogens is 1. The molecule has 1 fully saturated rings. The first kappa shape index (κ1) is 15.3. The molecule has 0 bridgehead atoms. The van der Waals surface area contributed by atoms with E-state index in [4.69, 9.17) is 15.2 Å². The maximum atomic E-state index is 12.0. The van der Waals surface area contributed by atoms with E-state index >= 15 is 0 Å². The van der Waals surface area contributed by atoms with E-state index in [1.807, 2.05) is 0 Å². The van der Waals surface area contributed by atoms with Gasteiger partial charge < -0.3 is 15.2 Å². The largest absolute Gasteiger partial charge is 0.459 e. The van der Waals surface area contributed by atoms with E-state index in [-0.39, 0.29) is 18.7 Å². The first-order valence-corrected chi connectivity index (χ1v) is 7.45. The van der Waals surface area contributed by atoms with Crippen LogP contribution in [0.4, 0.5) is 5.69 Å². The molecule has 1 aromatic carbocycles. The maximum absolute atomic E-state index is 12.0. The number of morpholine rings is 1. The summed E-state index contributed by atoms with van der Waals surface area (Å²) in [6.07, 6.45) is -0.0625. The fourth-order valence-corrected chi connectivity index (χ4v) is 2.52. The van der Waals surface area contributed by atoms with Gasteiger partial charge in [0.2, 0.25) is 0 Å². The molecule has 1 aliphatic rings. The number of carbonyl (C=O) groups excluding carboxylic acids is 1. The fraction of sp³-hybridized carbons (Fsp3) is 0.500. The number of rotatable bonds is 4. The Morgan fingerprint density at radius 1 is 1.60 bits per heavy atom. The molecule has 1 unspecified atom stereocenters. The zero-order chi connectivity index (χ0) is 14.5. The van der Waals surface area contributed by atoms with Crippen LogP contribution in [0, 0.1) is 0 Å². The quantitative estimate of drug-likeness (QED) is 0.668. The Labute approximate surface area is 127 Å². The molecule has 6 heteroatoms.